The van der Waals surface area contributed by atoms with Gasteiger partial charge < -0.3 is 38.9 Å². The Bertz CT molecular complexity index is 219. The van der Waals surface area contributed by atoms with E-state index in [0.29, 0.717) is 0 Å². The maximum absolute atomic E-state index is 8.82. The standard InChI is InChI=1S/2CH2O3.Cr.3H3N.2H2O.2O/c2*2-1(3)4;;;;;;;;/h2*(H2,2,3,4);;3*1H3;2*1H2;;/q;;+2;;;;;;;/p-2. The quantitative estimate of drug-likeness (QED) is 0.274. The zero-order valence-electron chi connectivity index (χ0n) is 7.85. The molecule has 104 valence electrons. The zero-order chi connectivity index (χ0) is 11.7. The summed E-state index contributed by atoms with van der Waals surface area (Å²) in [5, 5.41) is 27.9. The molecule has 0 aromatic heterocycles. The summed E-state index contributed by atoms with van der Waals surface area (Å²) in [6, 6.07) is 0. The minimum absolute atomic E-state index is 0. The van der Waals surface area contributed by atoms with Crippen molar-refractivity contribution in [3.05, 3.63) is 0 Å². The van der Waals surface area contributed by atoms with Crippen molar-refractivity contribution in [1.82, 2.24) is 18.5 Å². The first-order chi connectivity index (χ1) is 5.46. The third-order valence-corrected chi connectivity index (χ3v) is 0. The number of hydrogen-bond donors (Lipinski definition) is 9. The molecule has 0 atom stereocenters. The number of carboxylic acid groups (broad SMARTS) is 4. The molecule has 0 heterocycles. The predicted molar refractivity (Wildman–Crippen MR) is 42.2 cm³/mol. The molecule has 0 amide bonds. The van der Waals surface area contributed by atoms with Gasteiger partial charge in [0, 0.05) is 0 Å². The van der Waals surface area contributed by atoms with Crippen molar-refractivity contribution in [2.24, 2.45) is 0 Å². The predicted octanol–water partition coefficient (Wildman–Crippen LogP) is -0.423. The summed E-state index contributed by atoms with van der Waals surface area (Å²) >= 11 is -5.25. The van der Waals surface area contributed by atoms with E-state index in [2.05, 4.69) is 0 Å². The van der Waals surface area contributed by atoms with Gasteiger partial charge in [0.05, 0.1) is 0 Å². The molecular weight excluding hydrogens is 278 g/mol. The first-order valence-electron chi connectivity index (χ1n) is 2.00. The fourth-order valence-corrected chi connectivity index (χ4v) is 0. The van der Waals surface area contributed by atoms with Gasteiger partial charge in [0.2, 0.25) is 0 Å². The second-order valence-corrected chi connectivity index (χ2v) is 2.41. The Morgan fingerprint density at radius 2 is 0.688 bits per heavy atom. The van der Waals surface area contributed by atoms with Gasteiger partial charge in [0.15, 0.2) is 0 Å². The van der Waals surface area contributed by atoms with Gasteiger partial charge in [-0.1, -0.05) is 0 Å². The number of hydrogen-bond acceptors (Lipinski definition) is 7. The average molecular weight is 293 g/mol. The molecule has 14 heteroatoms. The Labute approximate surface area is 91.1 Å². The third kappa shape index (κ3) is 704. The molecule has 0 bridgehead atoms. The van der Waals surface area contributed by atoms with Gasteiger partial charge in [-0.15, -0.1) is 0 Å². The molecule has 0 aliphatic heterocycles. The van der Waals surface area contributed by atoms with Gasteiger partial charge in [0.1, 0.15) is 0 Å². The Hall–Kier alpha value is -1.53. The van der Waals surface area contributed by atoms with Crippen LogP contribution in [0.1, 0.15) is 0 Å². The van der Waals surface area contributed by atoms with Crippen LogP contribution in [0.25, 0.3) is 0 Å². The molecule has 16 heavy (non-hydrogen) atoms. The summed E-state index contributed by atoms with van der Waals surface area (Å²) in [7, 11) is 0. The van der Waals surface area contributed by atoms with Crippen molar-refractivity contribution in [2.75, 3.05) is 0 Å². The van der Waals surface area contributed by atoms with Crippen molar-refractivity contribution < 1.29 is 59.6 Å². The Morgan fingerprint density at radius 3 is 0.688 bits per heavy atom. The van der Waals surface area contributed by atoms with E-state index in [1.54, 1.807) is 0 Å². The number of rotatable bonds is 0. The van der Waals surface area contributed by atoms with Crippen LogP contribution < -0.4 is 18.5 Å². The fraction of sp³-hybridized carbons (Fsp3) is 0. The molecule has 0 aliphatic rings. The zero-order valence-corrected chi connectivity index (χ0v) is 9.12. The van der Waals surface area contributed by atoms with Crippen molar-refractivity contribution in [2.45, 2.75) is 0 Å². The van der Waals surface area contributed by atoms with Crippen LogP contribution in [-0.2, 0) is 21.2 Å². The second-order valence-electron chi connectivity index (χ2n) is 1.01. The molecule has 0 fully saturated rings. The average Bonchev–Trinajstić information content (AvgIpc) is 1.50. The van der Waals surface area contributed by atoms with Gasteiger partial charge in [-0.05, 0) is 0 Å². The minimum atomic E-state index is -5.25. The second kappa shape index (κ2) is 19.1. The van der Waals surface area contributed by atoms with E-state index in [1.165, 1.54) is 0 Å². The van der Waals surface area contributed by atoms with Gasteiger partial charge in [-0.25, -0.2) is 9.59 Å². The summed E-state index contributed by atoms with van der Waals surface area (Å²) in [5.41, 5.74) is 0. The molecule has 0 aromatic rings. The first-order valence-corrected chi connectivity index (χ1v) is 4.18. The fourth-order valence-electron chi connectivity index (χ4n) is 0. The molecule has 0 aliphatic carbocycles. The van der Waals surface area contributed by atoms with E-state index in [1.807, 2.05) is 0 Å². The van der Waals surface area contributed by atoms with Crippen LogP contribution in [-0.4, -0.2) is 41.1 Å². The van der Waals surface area contributed by atoms with E-state index < -0.39 is 25.9 Å². The Kier molecular flexibility index (Phi) is 43.7. The molecule has 0 unspecified atom stereocenters. The topological polar surface area (TPSA) is 295 Å². The molecule has 0 saturated heterocycles. The van der Waals surface area contributed by atoms with Crippen LogP contribution in [0.15, 0.2) is 0 Å². The molecule has 0 radical (unpaired) electrons. The number of carbonyl (C=O) groups is 2. The molecule has 0 aromatic carbocycles. The molecule has 15 N–H and O–H groups in total. The van der Waals surface area contributed by atoms with Crippen molar-refractivity contribution in [3.8, 4) is 0 Å². The summed E-state index contributed by atoms with van der Waals surface area (Å²) in [5.74, 6) is 0. The van der Waals surface area contributed by atoms with Gasteiger partial charge in [-0.2, -0.15) is 0 Å². The monoisotopic (exact) mass is 293 g/mol. The molecule has 13 nitrogen and oxygen atoms in total. The van der Waals surface area contributed by atoms with Crippen molar-refractivity contribution in [3.63, 3.8) is 0 Å². The van der Waals surface area contributed by atoms with Crippen LogP contribution in [0.3, 0.4) is 0 Å². The van der Waals surface area contributed by atoms with Gasteiger partial charge in [-0.3, -0.25) is 0 Å². The third-order valence-electron chi connectivity index (χ3n) is 0. The van der Waals surface area contributed by atoms with Crippen LogP contribution in [0.5, 0.6) is 0 Å². The van der Waals surface area contributed by atoms with E-state index in [4.69, 9.17) is 45.9 Å². The van der Waals surface area contributed by atoms with Crippen LogP contribution in [0.2, 0.25) is 0 Å². The summed E-state index contributed by atoms with van der Waals surface area (Å²) < 4.78 is 31.9. The van der Waals surface area contributed by atoms with E-state index in [0.717, 1.165) is 0 Å². The summed E-state index contributed by atoms with van der Waals surface area (Å²) in [4.78, 5) is 17.1. The van der Waals surface area contributed by atoms with Crippen molar-refractivity contribution >= 4 is 12.3 Å². The molecule has 0 spiro atoms. The van der Waals surface area contributed by atoms with Gasteiger partial charge >= 0.3 is 41.8 Å². The van der Waals surface area contributed by atoms with E-state index in [9.17, 15) is 0 Å². The molecule has 0 saturated carbocycles. The summed E-state index contributed by atoms with van der Waals surface area (Å²) in [6.45, 7) is 0. The Balaban J connectivity index is -0.0000000216. The van der Waals surface area contributed by atoms with Crippen molar-refractivity contribution in [1.29, 1.82) is 0 Å². The van der Waals surface area contributed by atoms with Gasteiger partial charge in [0.25, 0.3) is 0 Å². The van der Waals surface area contributed by atoms with E-state index in [-0.39, 0.29) is 18.5 Å². The van der Waals surface area contributed by atoms with E-state index >= 15 is 0 Å². The normalized spacial score (nSPS) is 6.62. The first kappa shape index (κ1) is 36.6. The molecule has 0 rings (SSSR count). The summed E-state index contributed by atoms with van der Waals surface area (Å²) in [6.07, 6.45) is -3.67. The van der Waals surface area contributed by atoms with Crippen LogP contribution in [0.4, 0.5) is 9.59 Å². The van der Waals surface area contributed by atoms with Crippen LogP contribution >= 0.6 is 0 Å². The van der Waals surface area contributed by atoms with Crippen LogP contribution in [0, 0.1) is 0 Å². The Morgan fingerprint density at radius 1 is 0.688 bits per heavy atom. The molecular formula is C2H15CrN3O10. The maximum atomic E-state index is 8.82. The SMILES string of the molecule is N.N.N.O=C(O)O.O=C(O)O.[O]=[Cr](=[O])([OH])[OH].